The molecule has 0 unspecified atom stereocenters. The summed E-state index contributed by atoms with van der Waals surface area (Å²) in [5, 5.41) is 2.96. The highest BCUT2D eigenvalue weighted by atomic mass is 16.7. The number of hydrogen-bond donors (Lipinski definition) is 1. The molecule has 1 aromatic heterocycles. The molecule has 1 aliphatic rings. The molecule has 5 nitrogen and oxygen atoms in total. The van der Waals surface area contributed by atoms with Crippen molar-refractivity contribution in [3.8, 4) is 11.5 Å². The number of ether oxygens (including phenoxy) is 2. The average molecular weight is 287 g/mol. The Labute approximate surface area is 122 Å². The van der Waals surface area contributed by atoms with E-state index in [1.165, 1.54) is 0 Å². The van der Waals surface area contributed by atoms with E-state index in [1.807, 2.05) is 32.0 Å². The molecule has 110 valence electrons. The lowest BCUT2D eigenvalue weighted by Gasteiger charge is -2.14. The number of amides is 1. The Balaban J connectivity index is 1.75. The predicted octanol–water partition coefficient (Wildman–Crippen LogP) is 3.12. The molecule has 21 heavy (non-hydrogen) atoms. The minimum Gasteiger partial charge on any atom is -0.466 e. The second-order valence-corrected chi connectivity index (χ2v) is 5.13. The zero-order chi connectivity index (χ0) is 15.0. The molecule has 0 radical (unpaired) electrons. The molecule has 0 fully saturated rings. The number of rotatable bonds is 3. The molecule has 1 aromatic carbocycles. The fraction of sp³-hybridized carbons (Fsp3) is 0.312. The number of nitrogens with one attached hydrogen (secondary N) is 1. The second kappa shape index (κ2) is 5.16. The van der Waals surface area contributed by atoms with Crippen LogP contribution in [0.3, 0.4) is 0 Å². The van der Waals surface area contributed by atoms with Gasteiger partial charge in [-0.2, -0.15) is 0 Å². The third-order valence-corrected chi connectivity index (χ3v) is 3.53. The van der Waals surface area contributed by atoms with Gasteiger partial charge in [0.1, 0.15) is 11.5 Å². The van der Waals surface area contributed by atoms with Crippen LogP contribution in [0, 0.1) is 13.8 Å². The second-order valence-electron chi connectivity index (χ2n) is 5.13. The van der Waals surface area contributed by atoms with Crippen LogP contribution in [0.15, 0.2) is 28.7 Å². The fourth-order valence-corrected chi connectivity index (χ4v) is 2.40. The van der Waals surface area contributed by atoms with Crippen molar-refractivity contribution >= 4 is 5.91 Å². The lowest BCUT2D eigenvalue weighted by atomic mass is 10.1. The van der Waals surface area contributed by atoms with Gasteiger partial charge in [-0.25, -0.2) is 0 Å². The van der Waals surface area contributed by atoms with Crippen LogP contribution in [0.25, 0.3) is 0 Å². The maximum absolute atomic E-state index is 12.3. The van der Waals surface area contributed by atoms with E-state index in [2.05, 4.69) is 5.32 Å². The topological polar surface area (TPSA) is 60.7 Å². The Morgan fingerprint density at radius 2 is 1.95 bits per heavy atom. The fourth-order valence-electron chi connectivity index (χ4n) is 2.40. The van der Waals surface area contributed by atoms with E-state index in [4.69, 9.17) is 13.9 Å². The highest BCUT2D eigenvalue weighted by Crippen LogP contribution is 2.34. The van der Waals surface area contributed by atoms with Crippen LogP contribution < -0.4 is 14.8 Å². The van der Waals surface area contributed by atoms with Crippen molar-refractivity contribution in [3.05, 3.63) is 46.9 Å². The molecule has 5 heteroatoms. The molecule has 1 N–H and O–H groups in total. The van der Waals surface area contributed by atoms with Gasteiger partial charge in [0, 0.05) is 0 Å². The first-order valence-electron chi connectivity index (χ1n) is 6.82. The van der Waals surface area contributed by atoms with Gasteiger partial charge in [0.2, 0.25) is 6.79 Å². The van der Waals surface area contributed by atoms with Gasteiger partial charge in [-0.1, -0.05) is 6.07 Å². The van der Waals surface area contributed by atoms with Crippen molar-refractivity contribution < 1.29 is 18.7 Å². The van der Waals surface area contributed by atoms with Crippen molar-refractivity contribution in [1.29, 1.82) is 0 Å². The van der Waals surface area contributed by atoms with Crippen LogP contribution in [0.2, 0.25) is 0 Å². The van der Waals surface area contributed by atoms with Gasteiger partial charge in [0.15, 0.2) is 11.5 Å². The first-order valence-corrected chi connectivity index (χ1v) is 6.82. The summed E-state index contributed by atoms with van der Waals surface area (Å²) < 4.78 is 16.0. The first-order chi connectivity index (χ1) is 10.0. The monoisotopic (exact) mass is 287 g/mol. The van der Waals surface area contributed by atoms with Crippen molar-refractivity contribution in [2.45, 2.75) is 26.8 Å². The summed E-state index contributed by atoms with van der Waals surface area (Å²) >= 11 is 0. The molecule has 2 aromatic rings. The summed E-state index contributed by atoms with van der Waals surface area (Å²) in [6.45, 7) is 5.78. The number of carbonyl (C=O) groups excluding carboxylic acids is 1. The smallest absolute Gasteiger partial charge is 0.255 e. The quantitative estimate of drug-likeness (QED) is 0.942. The number of fused-ring (bicyclic) bond motifs is 1. The van der Waals surface area contributed by atoms with Crippen LogP contribution in [0.1, 0.15) is 40.4 Å². The normalized spacial score (nSPS) is 14.0. The van der Waals surface area contributed by atoms with Gasteiger partial charge in [-0.15, -0.1) is 0 Å². The average Bonchev–Trinajstić information content (AvgIpc) is 3.03. The Hall–Kier alpha value is -2.43. The van der Waals surface area contributed by atoms with E-state index >= 15 is 0 Å². The summed E-state index contributed by atoms with van der Waals surface area (Å²) in [4.78, 5) is 12.3. The van der Waals surface area contributed by atoms with Gasteiger partial charge in [-0.05, 0) is 44.5 Å². The van der Waals surface area contributed by atoms with Crippen molar-refractivity contribution in [2.75, 3.05) is 6.79 Å². The largest absolute Gasteiger partial charge is 0.466 e. The Kier molecular flexibility index (Phi) is 3.33. The van der Waals surface area contributed by atoms with Crippen molar-refractivity contribution in [2.24, 2.45) is 0 Å². The molecule has 2 heterocycles. The molecule has 3 rings (SSSR count). The highest BCUT2D eigenvalue weighted by molar-refractivity contribution is 5.95. The van der Waals surface area contributed by atoms with Crippen LogP contribution in [0.5, 0.6) is 11.5 Å². The van der Waals surface area contributed by atoms with Gasteiger partial charge in [0.05, 0.1) is 11.6 Å². The number of furan rings is 1. The molecule has 0 bridgehead atoms. The molecule has 0 saturated carbocycles. The summed E-state index contributed by atoms with van der Waals surface area (Å²) in [5.74, 6) is 2.66. The first kappa shape index (κ1) is 13.5. The number of hydrogen-bond acceptors (Lipinski definition) is 4. The molecular weight excluding hydrogens is 270 g/mol. The maximum atomic E-state index is 12.3. The van der Waals surface area contributed by atoms with Gasteiger partial charge < -0.3 is 19.2 Å². The number of benzene rings is 1. The summed E-state index contributed by atoms with van der Waals surface area (Å²) in [6.07, 6.45) is 0. The van der Waals surface area contributed by atoms with E-state index in [-0.39, 0.29) is 18.7 Å². The molecule has 0 spiro atoms. The lowest BCUT2D eigenvalue weighted by Crippen LogP contribution is -2.26. The minimum absolute atomic E-state index is 0.137. The van der Waals surface area contributed by atoms with Gasteiger partial charge in [0.25, 0.3) is 5.91 Å². The van der Waals surface area contributed by atoms with Crippen molar-refractivity contribution in [3.63, 3.8) is 0 Å². The molecule has 1 atom stereocenters. The van der Waals surface area contributed by atoms with Crippen LogP contribution in [0.4, 0.5) is 0 Å². The molecule has 1 aliphatic heterocycles. The Morgan fingerprint density at radius 1 is 1.19 bits per heavy atom. The zero-order valence-corrected chi connectivity index (χ0v) is 12.2. The van der Waals surface area contributed by atoms with E-state index in [0.717, 1.165) is 17.1 Å². The van der Waals surface area contributed by atoms with E-state index in [9.17, 15) is 4.79 Å². The maximum Gasteiger partial charge on any atom is 0.255 e. The predicted molar refractivity (Wildman–Crippen MR) is 76.6 cm³/mol. The van der Waals surface area contributed by atoms with E-state index in [0.29, 0.717) is 17.1 Å². The Bertz CT molecular complexity index is 690. The third kappa shape index (κ3) is 2.59. The Morgan fingerprint density at radius 3 is 2.67 bits per heavy atom. The van der Waals surface area contributed by atoms with Crippen LogP contribution in [-0.2, 0) is 0 Å². The van der Waals surface area contributed by atoms with E-state index in [1.54, 1.807) is 13.0 Å². The number of aryl methyl sites for hydroxylation is 2. The third-order valence-electron chi connectivity index (χ3n) is 3.53. The molecule has 0 saturated heterocycles. The SMILES string of the molecule is Cc1cc(C(=O)N[C@H](C)c2ccc3c(c2)OCO3)c(C)o1. The summed E-state index contributed by atoms with van der Waals surface area (Å²) in [7, 11) is 0. The van der Waals surface area contributed by atoms with E-state index < -0.39 is 0 Å². The van der Waals surface area contributed by atoms with Crippen LogP contribution >= 0.6 is 0 Å². The highest BCUT2D eigenvalue weighted by Gasteiger charge is 2.19. The lowest BCUT2D eigenvalue weighted by molar-refractivity contribution is 0.0938. The summed E-state index contributed by atoms with van der Waals surface area (Å²) in [6, 6.07) is 7.28. The minimum atomic E-state index is -0.144. The van der Waals surface area contributed by atoms with Crippen LogP contribution in [-0.4, -0.2) is 12.7 Å². The standard InChI is InChI=1S/C16H17NO4/c1-9-6-13(11(3)21-9)16(18)17-10(2)12-4-5-14-15(7-12)20-8-19-14/h4-7,10H,8H2,1-3H3,(H,17,18)/t10-/m1/s1. The van der Waals surface area contributed by atoms with Gasteiger partial charge >= 0.3 is 0 Å². The molecule has 0 aliphatic carbocycles. The molecule has 1 amide bonds. The zero-order valence-electron chi connectivity index (χ0n) is 12.2. The van der Waals surface area contributed by atoms with Crippen molar-refractivity contribution in [1.82, 2.24) is 5.32 Å². The summed E-state index contributed by atoms with van der Waals surface area (Å²) in [5.41, 5.74) is 1.53. The molecular formula is C16H17NO4. The van der Waals surface area contributed by atoms with Gasteiger partial charge in [-0.3, -0.25) is 4.79 Å². The number of carbonyl (C=O) groups is 1.